The maximum Gasteiger partial charge on any atom is 0.229 e. The van der Waals surface area contributed by atoms with Gasteiger partial charge in [0, 0.05) is 27.2 Å². The molecule has 0 amide bonds. The van der Waals surface area contributed by atoms with E-state index in [0.29, 0.717) is 31.3 Å². The summed E-state index contributed by atoms with van der Waals surface area (Å²) >= 11 is 1.68. The molecule has 25 heavy (non-hydrogen) atoms. The quantitative estimate of drug-likeness (QED) is 0.669. The zero-order valence-electron chi connectivity index (χ0n) is 14.4. The number of anilines is 1. The molecule has 0 N–H and O–H groups in total. The Labute approximate surface area is 148 Å². The molecule has 1 aliphatic rings. The van der Waals surface area contributed by atoms with Crippen molar-refractivity contribution in [2.75, 3.05) is 31.7 Å². The normalized spacial score (nSPS) is 18.4. The lowest BCUT2D eigenvalue weighted by Crippen LogP contribution is -2.43. The molecule has 0 spiro atoms. The van der Waals surface area contributed by atoms with Gasteiger partial charge in [-0.3, -0.25) is 0 Å². The molecule has 0 saturated carbocycles. The van der Waals surface area contributed by atoms with E-state index in [-0.39, 0.29) is 6.10 Å². The molecule has 9 nitrogen and oxygen atoms in total. The van der Waals surface area contributed by atoms with Gasteiger partial charge < -0.3 is 18.9 Å². The number of methoxy groups -OCH3 is 1. The van der Waals surface area contributed by atoms with Crippen molar-refractivity contribution in [3.8, 4) is 0 Å². The van der Waals surface area contributed by atoms with E-state index in [9.17, 15) is 0 Å². The van der Waals surface area contributed by atoms with E-state index in [1.165, 1.54) is 0 Å². The number of hydrogen-bond acceptors (Lipinski definition) is 9. The van der Waals surface area contributed by atoms with Crippen LogP contribution >= 0.6 is 11.3 Å². The summed E-state index contributed by atoms with van der Waals surface area (Å²) in [6.07, 6.45) is 0.578. The highest BCUT2D eigenvalue weighted by atomic mass is 32.1. The number of hydrogen-bond donors (Lipinski definition) is 0. The number of fused-ring (bicyclic) bond motifs is 1. The molecule has 1 fully saturated rings. The smallest absolute Gasteiger partial charge is 0.229 e. The van der Waals surface area contributed by atoms with Crippen molar-refractivity contribution in [1.29, 1.82) is 0 Å². The Morgan fingerprint density at radius 3 is 3.04 bits per heavy atom. The molecule has 0 aromatic carbocycles. The second kappa shape index (κ2) is 6.70. The van der Waals surface area contributed by atoms with E-state index in [1.807, 2.05) is 18.7 Å². The molecule has 0 aliphatic carbocycles. The molecule has 10 heteroatoms. The molecular formula is C15H20N6O3S. The number of thiazole rings is 1. The van der Waals surface area contributed by atoms with Crippen LogP contribution in [-0.2, 0) is 29.5 Å². The molecule has 0 bridgehead atoms. The fourth-order valence-electron chi connectivity index (χ4n) is 2.98. The standard InChI is InChI=1S/C15H20N6O3S/c1-9-13-14(20(2)18-9)17-15(25-13)21-4-5-23-10(7-21)6-12-16-11(8-22-3)19-24-12/h10H,4-8H2,1-3H3/t10-/m1/s1. The van der Waals surface area contributed by atoms with Crippen molar-refractivity contribution in [2.24, 2.45) is 7.05 Å². The van der Waals surface area contributed by atoms with Crippen LogP contribution in [0.15, 0.2) is 4.52 Å². The van der Waals surface area contributed by atoms with Crippen molar-refractivity contribution in [2.45, 2.75) is 26.1 Å². The van der Waals surface area contributed by atoms with Crippen molar-refractivity contribution < 1.29 is 14.0 Å². The molecule has 4 rings (SSSR count). The lowest BCUT2D eigenvalue weighted by atomic mass is 10.2. The van der Waals surface area contributed by atoms with E-state index in [2.05, 4.69) is 20.1 Å². The Hall–Kier alpha value is -2.04. The third kappa shape index (κ3) is 3.24. The van der Waals surface area contributed by atoms with E-state index >= 15 is 0 Å². The third-order valence-corrected chi connectivity index (χ3v) is 5.34. The highest BCUT2D eigenvalue weighted by molar-refractivity contribution is 7.22. The van der Waals surface area contributed by atoms with Gasteiger partial charge in [0.15, 0.2) is 16.6 Å². The Bertz CT molecular complexity index is 837. The number of nitrogens with zero attached hydrogens (tertiary/aromatic N) is 6. The SMILES string of the molecule is COCc1noc(C[C@@H]2CN(c3nc4c(s3)c(C)nn4C)CCO2)n1. The first kappa shape index (κ1) is 16.4. The van der Waals surface area contributed by atoms with Gasteiger partial charge in [0.2, 0.25) is 5.89 Å². The van der Waals surface area contributed by atoms with Gasteiger partial charge in [-0.2, -0.15) is 10.1 Å². The Morgan fingerprint density at radius 2 is 2.24 bits per heavy atom. The first-order valence-corrected chi connectivity index (χ1v) is 8.92. The fourth-order valence-corrected chi connectivity index (χ4v) is 4.05. The van der Waals surface area contributed by atoms with Crippen LogP contribution in [0, 0.1) is 6.92 Å². The zero-order valence-corrected chi connectivity index (χ0v) is 15.2. The van der Waals surface area contributed by atoms with Gasteiger partial charge in [-0.1, -0.05) is 16.5 Å². The second-order valence-electron chi connectivity index (χ2n) is 6.04. The van der Waals surface area contributed by atoms with Crippen LogP contribution < -0.4 is 4.90 Å². The molecular weight excluding hydrogens is 344 g/mol. The van der Waals surface area contributed by atoms with E-state index in [1.54, 1.807) is 18.4 Å². The van der Waals surface area contributed by atoms with Gasteiger partial charge in [0.25, 0.3) is 0 Å². The molecule has 1 atom stereocenters. The third-order valence-electron chi connectivity index (χ3n) is 4.13. The minimum Gasteiger partial charge on any atom is -0.377 e. The summed E-state index contributed by atoms with van der Waals surface area (Å²) in [7, 11) is 3.53. The largest absolute Gasteiger partial charge is 0.377 e. The number of aromatic nitrogens is 5. The number of aryl methyl sites for hydroxylation is 2. The first-order valence-electron chi connectivity index (χ1n) is 8.11. The lowest BCUT2D eigenvalue weighted by molar-refractivity contribution is 0.0362. The van der Waals surface area contributed by atoms with Gasteiger partial charge in [-0.25, -0.2) is 9.67 Å². The molecule has 1 saturated heterocycles. The lowest BCUT2D eigenvalue weighted by Gasteiger charge is -2.32. The van der Waals surface area contributed by atoms with Crippen molar-refractivity contribution in [3.63, 3.8) is 0 Å². The minimum absolute atomic E-state index is 0.00386. The molecule has 3 aromatic heterocycles. The highest BCUT2D eigenvalue weighted by Gasteiger charge is 2.26. The first-order chi connectivity index (χ1) is 12.1. The number of rotatable bonds is 5. The maximum absolute atomic E-state index is 5.86. The predicted octanol–water partition coefficient (Wildman–Crippen LogP) is 1.32. The van der Waals surface area contributed by atoms with Gasteiger partial charge in [0.1, 0.15) is 6.61 Å². The molecule has 1 aliphatic heterocycles. The molecule has 4 heterocycles. The van der Waals surface area contributed by atoms with Gasteiger partial charge in [0.05, 0.1) is 29.5 Å². The second-order valence-corrected chi connectivity index (χ2v) is 7.02. The topological polar surface area (TPSA) is 91.3 Å². The van der Waals surface area contributed by atoms with Crippen LogP contribution in [0.2, 0.25) is 0 Å². The maximum atomic E-state index is 5.86. The summed E-state index contributed by atoms with van der Waals surface area (Å²) < 4.78 is 19.1. The number of ether oxygens (including phenoxy) is 2. The predicted molar refractivity (Wildman–Crippen MR) is 91.8 cm³/mol. The highest BCUT2D eigenvalue weighted by Crippen LogP contribution is 2.31. The molecule has 0 radical (unpaired) electrons. The van der Waals surface area contributed by atoms with Crippen molar-refractivity contribution in [1.82, 2.24) is 24.9 Å². The Kier molecular flexibility index (Phi) is 4.40. The molecule has 3 aromatic rings. The zero-order chi connectivity index (χ0) is 17.4. The van der Waals surface area contributed by atoms with Crippen LogP contribution in [0.25, 0.3) is 10.3 Å². The monoisotopic (exact) mass is 364 g/mol. The van der Waals surface area contributed by atoms with Crippen LogP contribution in [0.4, 0.5) is 5.13 Å². The average Bonchev–Trinajstić information content (AvgIpc) is 3.27. The number of morpholine rings is 1. The summed E-state index contributed by atoms with van der Waals surface area (Å²) in [6.45, 7) is 4.58. The van der Waals surface area contributed by atoms with Crippen molar-refractivity contribution in [3.05, 3.63) is 17.4 Å². The van der Waals surface area contributed by atoms with E-state index < -0.39 is 0 Å². The Balaban J connectivity index is 1.46. The van der Waals surface area contributed by atoms with E-state index in [4.69, 9.17) is 19.0 Å². The van der Waals surface area contributed by atoms with Gasteiger partial charge in [-0.15, -0.1) is 0 Å². The minimum atomic E-state index is -0.00386. The van der Waals surface area contributed by atoms with Gasteiger partial charge in [-0.05, 0) is 6.92 Å². The van der Waals surface area contributed by atoms with E-state index in [0.717, 1.165) is 34.3 Å². The molecule has 0 unspecified atom stereocenters. The fraction of sp³-hybridized carbons (Fsp3) is 0.600. The summed E-state index contributed by atoms with van der Waals surface area (Å²) in [5, 5.41) is 9.30. The Morgan fingerprint density at radius 1 is 1.36 bits per heavy atom. The molecule has 134 valence electrons. The van der Waals surface area contributed by atoms with Crippen LogP contribution in [0.3, 0.4) is 0 Å². The van der Waals surface area contributed by atoms with Crippen LogP contribution in [0.5, 0.6) is 0 Å². The average molecular weight is 364 g/mol. The van der Waals surface area contributed by atoms with Crippen LogP contribution in [-0.4, -0.2) is 57.8 Å². The summed E-state index contributed by atoms with van der Waals surface area (Å²) in [5.74, 6) is 1.13. The van der Waals surface area contributed by atoms with Gasteiger partial charge >= 0.3 is 0 Å². The summed E-state index contributed by atoms with van der Waals surface area (Å²) in [6, 6.07) is 0. The van der Waals surface area contributed by atoms with Crippen molar-refractivity contribution >= 4 is 26.8 Å². The summed E-state index contributed by atoms with van der Waals surface area (Å²) in [4.78, 5) is 11.3. The van der Waals surface area contributed by atoms with Crippen LogP contribution in [0.1, 0.15) is 17.4 Å². The summed E-state index contributed by atoms with van der Waals surface area (Å²) in [5.41, 5.74) is 1.95.